The standard InChI is InChI=1S/C42H82N4O2/c1-5-7-9-11-13-15-17-19-21-23-25-27-29-31-33-35-40(47)44-39(3)46(4)38-37-43-42(46)45-41(48)36-34-32-30-28-26-24-22-20-18-16-14-12-10-8-6-2/h39H,5-38H2,1-4H3,(H-,43,44,45,47,48)/p+1. The minimum absolute atomic E-state index is 0.0611. The molecular weight excluding hydrogens is 592 g/mol. The molecule has 2 amide bonds. The number of quaternary nitrogens is 1. The van der Waals surface area contributed by atoms with Crippen LogP contribution in [0.1, 0.15) is 226 Å². The maximum atomic E-state index is 12.7. The second kappa shape index (κ2) is 31.5. The van der Waals surface area contributed by atoms with Crippen LogP contribution in [0.15, 0.2) is 4.99 Å². The highest BCUT2D eigenvalue weighted by molar-refractivity contribution is 5.94. The second-order valence-electron chi connectivity index (χ2n) is 15.4. The Morgan fingerprint density at radius 1 is 0.542 bits per heavy atom. The number of hydrogen-bond donors (Lipinski definition) is 2. The summed E-state index contributed by atoms with van der Waals surface area (Å²) in [7, 11) is 2.08. The summed E-state index contributed by atoms with van der Waals surface area (Å²) in [5.41, 5.74) is 0. The highest BCUT2D eigenvalue weighted by Gasteiger charge is 2.40. The topological polar surface area (TPSA) is 70.6 Å². The molecule has 1 heterocycles. The molecule has 6 heteroatoms. The first kappa shape index (κ1) is 44.6. The van der Waals surface area contributed by atoms with Crippen molar-refractivity contribution in [1.29, 1.82) is 0 Å². The molecule has 2 N–H and O–H groups in total. The Bertz CT molecular complexity index is 801. The number of nitrogens with one attached hydrogen (secondary N) is 2. The maximum Gasteiger partial charge on any atom is 0.306 e. The number of nitrogens with zero attached hydrogens (tertiary/aromatic N) is 2. The van der Waals surface area contributed by atoms with Crippen LogP contribution in [0.3, 0.4) is 0 Å². The third-order valence-electron chi connectivity index (χ3n) is 10.8. The zero-order chi connectivity index (χ0) is 35.0. The smallest absolute Gasteiger partial charge is 0.306 e. The van der Waals surface area contributed by atoms with Crippen LogP contribution < -0.4 is 10.6 Å². The van der Waals surface area contributed by atoms with E-state index < -0.39 is 0 Å². The number of unbranched alkanes of at least 4 members (excludes halogenated alkanes) is 28. The summed E-state index contributed by atoms with van der Waals surface area (Å²) in [5.74, 6) is 0.888. The van der Waals surface area contributed by atoms with Gasteiger partial charge < -0.3 is 5.32 Å². The van der Waals surface area contributed by atoms with Gasteiger partial charge in [0.25, 0.3) is 0 Å². The molecule has 0 aliphatic carbocycles. The van der Waals surface area contributed by atoms with Gasteiger partial charge in [-0.25, -0.2) is 9.48 Å². The van der Waals surface area contributed by atoms with Gasteiger partial charge in [0.2, 0.25) is 11.8 Å². The maximum absolute atomic E-state index is 12.7. The average molecular weight is 676 g/mol. The number of hydrogen-bond acceptors (Lipinski definition) is 3. The third kappa shape index (κ3) is 23.8. The lowest BCUT2D eigenvalue weighted by molar-refractivity contribution is -0.843. The SMILES string of the molecule is CCCCCCCCCCCCCCCCCC(=O)NC1=NCC[N+]1(C)C(C)NC(=O)CCCCCCCCCCCCCCCCC. The van der Waals surface area contributed by atoms with Crippen LogP contribution >= 0.6 is 0 Å². The van der Waals surface area contributed by atoms with Gasteiger partial charge in [0.1, 0.15) is 6.54 Å². The fourth-order valence-electron chi connectivity index (χ4n) is 7.12. The predicted molar refractivity (Wildman–Crippen MR) is 208 cm³/mol. The molecule has 0 fully saturated rings. The van der Waals surface area contributed by atoms with Gasteiger partial charge in [-0.1, -0.05) is 194 Å². The van der Waals surface area contributed by atoms with Crippen LogP contribution in [-0.2, 0) is 9.59 Å². The number of guanidine groups is 1. The van der Waals surface area contributed by atoms with E-state index in [1.54, 1.807) is 0 Å². The molecule has 0 aromatic heterocycles. The number of rotatable bonds is 34. The molecule has 0 spiro atoms. The van der Waals surface area contributed by atoms with Crippen molar-refractivity contribution >= 4 is 17.8 Å². The van der Waals surface area contributed by atoms with E-state index in [4.69, 9.17) is 0 Å². The highest BCUT2D eigenvalue weighted by atomic mass is 16.2. The van der Waals surface area contributed by atoms with Crippen LogP contribution in [0, 0.1) is 0 Å². The Morgan fingerprint density at radius 2 is 0.854 bits per heavy atom. The molecule has 2 unspecified atom stereocenters. The van der Waals surface area contributed by atoms with Crippen molar-refractivity contribution in [2.24, 2.45) is 4.99 Å². The predicted octanol–water partition coefficient (Wildman–Crippen LogP) is 11.9. The highest BCUT2D eigenvalue weighted by Crippen LogP contribution is 2.18. The van der Waals surface area contributed by atoms with Gasteiger partial charge in [0, 0.05) is 19.8 Å². The Kier molecular flexibility index (Phi) is 29.3. The summed E-state index contributed by atoms with van der Waals surface area (Å²) < 4.78 is 0.467. The van der Waals surface area contributed by atoms with Crippen LogP contribution in [-0.4, -0.2) is 48.6 Å². The fourth-order valence-corrected chi connectivity index (χ4v) is 7.12. The van der Waals surface area contributed by atoms with Crippen LogP contribution in [0.25, 0.3) is 0 Å². The summed E-state index contributed by atoms with van der Waals surface area (Å²) >= 11 is 0. The van der Waals surface area contributed by atoms with E-state index in [2.05, 4.69) is 36.5 Å². The van der Waals surface area contributed by atoms with Gasteiger partial charge in [-0.3, -0.25) is 14.9 Å². The van der Waals surface area contributed by atoms with Gasteiger partial charge in [-0.2, -0.15) is 0 Å². The number of likely N-dealkylation sites (N-methyl/N-ethyl adjacent to an activating group) is 1. The molecule has 0 saturated carbocycles. The summed E-state index contributed by atoms with van der Waals surface area (Å²) in [4.78, 5) is 30.1. The minimum atomic E-state index is -0.110. The van der Waals surface area contributed by atoms with E-state index in [0.29, 0.717) is 29.8 Å². The van der Waals surface area contributed by atoms with Crippen molar-refractivity contribution in [1.82, 2.24) is 10.6 Å². The molecule has 0 saturated heterocycles. The average Bonchev–Trinajstić information content (AvgIpc) is 3.45. The second-order valence-corrected chi connectivity index (χ2v) is 15.4. The molecule has 0 bridgehead atoms. The van der Waals surface area contributed by atoms with E-state index >= 15 is 0 Å². The summed E-state index contributed by atoms with van der Waals surface area (Å²) in [5, 5.41) is 6.32. The lowest BCUT2D eigenvalue weighted by Crippen LogP contribution is -2.64. The van der Waals surface area contributed by atoms with Crippen LogP contribution in [0.2, 0.25) is 0 Å². The Balaban J connectivity index is 2.03. The number of carbonyl (C=O) groups is 2. The molecule has 282 valence electrons. The van der Waals surface area contributed by atoms with E-state index in [-0.39, 0.29) is 18.0 Å². The quantitative estimate of drug-likeness (QED) is 0.0526. The largest absolute Gasteiger partial charge is 0.307 e. The van der Waals surface area contributed by atoms with E-state index in [9.17, 15) is 9.59 Å². The summed E-state index contributed by atoms with van der Waals surface area (Å²) in [6.45, 7) is 8.10. The van der Waals surface area contributed by atoms with Crippen LogP contribution in [0.5, 0.6) is 0 Å². The Morgan fingerprint density at radius 3 is 1.21 bits per heavy atom. The summed E-state index contributed by atoms with van der Waals surface area (Å²) in [6, 6.07) is 0. The minimum Gasteiger partial charge on any atom is -0.307 e. The van der Waals surface area contributed by atoms with Crippen LogP contribution in [0.4, 0.5) is 0 Å². The molecule has 48 heavy (non-hydrogen) atoms. The molecule has 1 aliphatic heterocycles. The number of aliphatic imine (C=N–C) groups is 1. The molecule has 2 atom stereocenters. The molecular formula is C42H83N4O2+. The first-order valence-corrected chi connectivity index (χ1v) is 21.4. The zero-order valence-corrected chi connectivity index (χ0v) is 32.8. The van der Waals surface area contributed by atoms with E-state index in [0.717, 1.165) is 32.2 Å². The lowest BCUT2D eigenvalue weighted by atomic mass is 10.0. The van der Waals surface area contributed by atoms with Crippen molar-refractivity contribution in [2.75, 3.05) is 20.1 Å². The van der Waals surface area contributed by atoms with Crippen molar-refractivity contribution < 1.29 is 14.1 Å². The summed E-state index contributed by atoms with van der Waals surface area (Å²) in [6.07, 6.45) is 40.9. The Hall–Kier alpha value is -1.43. The molecule has 1 rings (SSSR count). The van der Waals surface area contributed by atoms with Gasteiger partial charge in [-0.05, 0) is 12.8 Å². The fraction of sp³-hybridized carbons (Fsp3) is 0.929. The molecule has 6 nitrogen and oxygen atoms in total. The molecule has 0 aromatic rings. The molecule has 0 radical (unpaired) electrons. The third-order valence-corrected chi connectivity index (χ3v) is 10.8. The van der Waals surface area contributed by atoms with Crippen molar-refractivity contribution in [3.8, 4) is 0 Å². The zero-order valence-electron chi connectivity index (χ0n) is 32.8. The first-order valence-electron chi connectivity index (χ1n) is 21.4. The molecule has 0 aromatic carbocycles. The van der Waals surface area contributed by atoms with Gasteiger partial charge in [0.15, 0.2) is 6.17 Å². The van der Waals surface area contributed by atoms with Crippen molar-refractivity contribution in [2.45, 2.75) is 232 Å². The van der Waals surface area contributed by atoms with E-state index in [1.807, 2.05) is 6.92 Å². The van der Waals surface area contributed by atoms with Crippen molar-refractivity contribution in [3.63, 3.8) is 0 Å². The van der Waals surface area contributed by atoms with Gasteiger partial charge in [-0.15, -0.1) is 0 Å². The van der Waals surface area contributed by atoms with Gasteiger partial charge in [0.05, 0.1) is 13.6 Å². The molecule has 1 aliphatic rings. The lowest BCUT2D eigenvalue weighted by Gasteiger charge is -2.35. The normalized spacial score (nSPS) is 16.6. The van der Waals surface area contributed by atoms with Gasteiger partial charge >= 0.3 is 5.96 Å². The number of carbonyl (C=O) groups excluding carboxylic acids is 2. The first-order chi connectivity index (χ1) is 23.4. The van der Waals surface area contributed by atoms with Crippen molar-refractivity contribution in [3.05, 3.63) is 0 Å². The Labute approximate surface area is 299 Å². The van der Waals surface area contributed by atoms with E-state index in [1.165, 1.54) is 167 Å². The monoisotopic (exact) mass is 676 g/mol. The number of amides is 2.